The highest BCUT2D eigenvalue weighted by molar-refractivity contribution is 6.74. The number of rotatable bonds is 3. The number of anilines is 1. The molecule has 0 bridgehead atoms. The van der Waals surface area contributed by atoms with E-state index >= 15 is 0 Å². The maximum Gasteiger partial charge on any atom is 0.414 e. The third kappa shape index (κ3) is 5.53. The first-order valence-electron chi connectivity index (χ1n) is 11.7. The quantitative estimate of drug-likeness (QED) is 0.413. The molecule has 1 atom stereocenters. The maximum absolute atomic E-state index is 13.1. The summed E-state index contributed by atoms with van der Waals surface area (Å²) < 4.78 is 14.3. The predicted octanol–water partition coefficient (Wildman–Crippen LogP) is 6.43. The van der Waals surface area contributed by atoms with Gasteiger partial charge in [0.2, 0.25) is 0 Å². The summed E-state index contributed by atoms with van der Waals surface area (Å²) in [6.45, 7) is 17.8. The van der Waals surface area contributed by atoms with Gasteiger partial charge in [-0.15, -0.1) is 0 Å². The van der Waals surface area contributed by atoms with Crippen molar-refractivity contribution in [2.24, 2.45) is 7.05 Å². The van der Waals surface area contributed by atoms with E-state index in [2.05, 4.69) is 44.5 Å². The molecule has 182 valence electrons. The zero-order valence-corrected chi connectivity index (χ0v) is 22.7. The molecule has 0 spiro atoms. The second-order valence-corrected chi connectivity index (χ2v) is 16.3. The fraction of sp³-hybridized carbons (Fsp3) is 0.577. The topological polar surface area (TPSA) is 63.9 Å². The molecule has 33 heavy (non-hydrogen) atoms. The highest BCUT2D eigenvalue weighted by Crippen LogP contribution is 2.38. The van der Waals surface area contributed by atoms with E-state index in [0.717, 1.165) is 16.6 Å². The highest BCUT2D eigenvalue weighted by atomic mass is 28.4. The van der Waals surface area contributed by atoms with E-state index in [1.807, 2.05) is 46.0 Å². The van der Waals surface area contributed by atoms with Crippen LogP contribution in [0.15, 0.2) is 30.4 Å². The van der Waals surface area contributed by atoms with E-state index in [1.165, 1.54) is 0 Å². The second-order valence-electron chi connectivity index (χ2n) is 11.5. The summed E-state index contributed by atoms with van der Waals surface area (Å²) in [6, 6.07) is 6.10. The SMILES string of the molecule is Cn1c(CO[Si](C)(C)C(C)(C)C)cc2cc3c(cc21)N(C(=O)OC(C)(C)C)CCC=CC3O. The van der Waals surface area contributed by atoms with Gasteiger partial charge in [-0.1, -0.05) is 32.9 Å². The molecule has 2 heterocycles. The molecule has 7 heteroatoms. The molecule has 0 saturated heterocycles. The molecule has 1 aromatic carbocycles. The largest absolute Gasteiger partial charge is 0.443 e. The number of aromatic nitrogens is 1. The first kappa shape index (κ1) is 25.5. The maximum atomic E-state index is 13.1. The number of aliphatic hydroxyl groups is 1. The average molecular weight is 473 g/mol. The van der Waals surface area contributed by atoms with Gasteiger partial charge in [0.1, 0.15) is 5.60 Å². The number of aliphatic hydroxyl groups excluding tert-OH is 1. The molecule has 0 saturated carbocycles. The second kappa shape index (κ2) is 8.93. The van der Waals surface area contributed by atoms with Crippen molar-refractivity contribution in [1.82, 2.24) is 4.57 Å². The van der Waals surface area contributed by atoms with Gasteiger partial charge < -0.3 is 18.8 Å². The number of amides is 1. The van der Waals surface area contributed by atoms with Crippen LogP contribution in [-0.4, -0.2) is 36.2 Å². The van der Waals surface area contributed by atoms with Crippen LogP contribution in [0.4, 0.5) is 10.5 Å². The third-order valence-electron chi connectivity index (χ3n) is 6.74. The summed E-state index contributed by atoms with van der Waals surface area (Å²) >= 11 is 0. The summed E-state index contributed by atoms with van der Waals surface area (Å²) in [5.74, 6) is 0. The molecule has 3 rings (SSSR count). The summed E-state index contributed by atoms with van der Waals surface area (Å²) in [5, 5.41) is 12.0. The fourth-order valence-corrected chi connectivity index (χ4v) is 4.63. The van der Waals surface area contributed by atoms with Gasteiger partial charge in [-0.3, -0.25) is 4.90 Å². The highest BCUT2D eigenvalue weighted by Gasteiger charge is 2.37. The standard InChI is InChI=1S/C26H40N2O4Si/c1-25(2,3)32-24(30)28-13-11-10-12-23(29)20-15-18-14-19(27(7)21(18)16-22(20)28)17-31-33(8,9)26(4,5)6/h10,12,14-16,23,29H,11,13,17H2,1-9H3. The lowest BCUT2D eigenvalue weighted by Gasteiger charge is -2.36. The van der Waals surface area contributed by atoms with Crippen molar-refractivity contribution in [2.45, 2.75) is 84.4 Å². The summed E-state index contributed by atoms with van der Waals surface area (Å²) in [6.07, 6.45) is 3.16. The number of fused-ring (bicyclic) bond motifs is 2. The molecule has 1 N–H and O–H groups in total. The normalized spacial score (nSPS) is 17.6. The van der Waals surface area contributed by atoms with Gasteiger partial charge in [0.15, 0.2) is 8.32 Å². The molecule has 1 aromatic heterocycles. The van der Waals surface area contributed by atoms with Crippen molar-refractivity contribution < 1.29 is 19.1 Å². The molecule has 2 aromatic rings. The van der Waals surface area contributed by atoms with E-state index in [1.54, 1.807) is 11.0 Å². The van der Waals surface area contributed by atoms with Crippen LogP contribution in [0, 0.1) is 0 Å². The number of ether oxygens (including phenoxy) is 1. The summed E-state index contributed by atoms with van der Waals surface area (Å²) in [7, 11) is 0.134. The number of nitrogens with zero attached hydrogens (tertiary/aromatic N) is 2. The van der Waals surface area contributed by atoms with Crippen molar-refractivity contribution in [3.05, 3.63) is 41.6 Å². The number of hydrogen-bond acceptors (Lipinski definition) is 4. The van der Waals surface area contributed by atoms with Crippen molar-refractivity contribution in [3.63, 3.8) is 0 Å². The zero-order valence-electron chi connectivity index (χ0n) is 21.7. The van der Waals surface area contributed by atoms with E-state index in [0.29, 0.717) is 30.8 Å². The predicted molar refractivity (Wildman–Crippen MR) is 137 cm³/mol. The van der Waals surface area contributed by atoms with Gasteiger partial charge in [0.25, 0.3) is 0 Å². The number of hydrogen-bond donors (Lipinski definition) is 1. The molecule has 1 aliphatic rings. The molecule has 0 radical (unpaired) electrons. The van der Waals surface area contributed by atoms with Crippen LogP contribution >= 0.6 is 0 Å². The molecule has 0 aliphatic carbocycles. The number of carbonyl (C=O) groups excluding carboxylic acids is 1. The monoisotopic (exact) mass is 472 g/mol. The summed E-state index contributed by atoms with van der Waals surface area (Å²) in [5.41, 5.74) is 2.85. The minimum atomic E-state index is -1.89. The van der Waals surface area contributed by atoms with Crippen LogP contribution in [0.3, 0.4) is 0 Å². The first-order chi connectivity index (χ1) is 15.1. The minimum absolute atomic E-state index is 0.136. The molecular weight excluding hydrogens is 432 g/mol. The Hall–Kier alpha value is -2.09. The van der Waals surface area contributed by atoms with Gasteiger partial charge in [-0.2, -0.15) is 0 Å². The Bertz CT molecular complexity index is 1060. The Morgan fingerprint density at radius 3 is 2.42 bits per heavy atom. The Labute approximate surface area is 199 Å². The lowest BCUT2D eigenvalue weighted by molar-refractivity contribution is 0.0580. The van der Waals surface area contributed by atoms with Gasteiger partial charge >= 0.3 is 6.09 Å². The first-order valence-corrected chi connectivity index (χ1v) is 14.6. The van der Waals surface area contributed by atoms with Crippen LogP contribution in [0.5, 0.6) is 0 Å². The average Bonchev–Trinajstić information content (AvgIpc) is 2.97. The van der Waals surface area contributed by atoms with Crippen LogP contribution < -0.4 is 4.90 Å². The third-order valence-corrected chi connectivity index (χ3v) is 11.2. The molecule has 1 aliphatic heterocycles. The van der Waals surface area contributed by atoms with Crippen LogP contribution in [0.2, 0.25) is 18.1 Å². The van der Waals surface area contributed by atoms with E-state index in [9.17, 15) is 9.90 Å². The van der Waals surface area contributed by atoms with Crippen LogP contribution in [0.1, 0.15) is 65.3 Å². The minimum Gasteiger partial charge on any atom is -0.443 e. The van der Waals surface area contributed by atoms with E-state index in [-0.39, 0.29) is 5.04 Å². The van der Waals surface area contributed by atoms with Crippen molar-refractivity contribution in [2.75, 3.05) is 11.4 Å². The fourth-order valence-electron chi connectivity index (χ4n) is 3.69. The Morgan fingerprint density at radius 1 is 1.15 bits per heavy atom. The van der Waals surface area contributed by atoms with Crippen molar-refractivity contribution in [3.8, 4) is 0 Å². The Balaban J connectivity index is 2.04. The number of carbonyl (C=O) groups is 1. The van der Waals surface area contributed by atoms with Gasteiger partial charge in [-0.05, 0) is 63.5 Å². The number of benzene rings is 1. The smallest absolute Gasteiger partial charge is 0.414 e. The zero-order chi connectivity index (χ0) is 24.8. The Morgan fingerprint density at radius 2 is 1.82 bits per heavy atom. The van der Waals surface area contributed by atoms with Crippen LogP contribution in [-0.2, 0) is 22.8 Å². The van der Waals surface area contributed by atoms with Crippen LogP contribution in [0.25, 0.3) is 10.9 Å². The number of aryl methyl sites for hydroxylation is 1. The molecule has 1 unspecified atom stereocenters. The lowest BCUT2D eigenvalue weighted by atomic mass is 10.0. The molecule has 1 amide bonds. The summed E-state index contributed by atoms with van der Waals surface area (Å²) in [4.78, 5) is 14.7. The van der Waals surface area contributed by atoms with Crippen molar-refractivity contribution >= 4 is 31.0 Å². The Kier molecular flexibility index (Phi) is 6.91. The van der Waals surface area contributed by atoms with E-state index < -0.39 is 26.1 Å². The molecular formula is C26H40N2O4Si. The lowest BCUT2D eigenvalue weighted by Crippen LogP contribution is -2.40. The molecule has 0 fully saturated rings. The van der Waals surface area contributed by atoms with Gasteiger partial charge in [0.05, 0.1) is 23.9 Å². The molecule has 6 nitrogen and oxygen atoms in total. The van der Waals surface area contributed by atoms with Crippen molar-refractivity contribution in [1.29, 1.82) is 0 Å². The van der Waals surface area contributed by atoms with Gasteiger partial charge in [-0.25, -0.2) is 4.79 Å². The van der Waals surface area contributed by atoms with E-state index in [4.69, 9.17) is 9.16 Å². The van der Waals surface area contributed by atoms with Gasteiger partial charge in [0, 0.05) is 30.2 Å².